The number of hydrogen-bond acceptors (Lipinski definition) is 4. The molecule has 1 rings (SSSR count). The molecule has 0 saturated heterocycles. The van der Waals surface area contributed by atoms with Crippen molar-refractivity contribution in [2.45, 2.75) is 19.4 Å². The van der Waals surface area contributed by atoms with E-state index in [-0.39, 0.29) is 5.54 Å². The fraction of sp³-hybridized carbons (Fsp3) is 0.600. The van der Waals surface area contributed by atoms with Crippen LogP contribution in [0.15, 0.2) is 18.5 Å². The van der Waals surface area contributed by atoms with Crippen LogP contribution in [0.5, 0.6) is 0 Å². The van der Waals surface area contributed by atoms with Crippen molar-refractivity contribution in [3.05, 3.63) is 18.5 Å². The minimum Gasteiger partial charge on any atom is -0.352 e. The molecule has 78 valence electrons. The molecule has 0 unspecified atom stereocenters. The lowest BCUT2D eigenvalue weighted by Gasteiger charge is -2.32. The maximum atomic E-state index is 4.10. The van der Waals surface area contributed by atoms with Crippen LogP contribution in [0.4, 0.5) is 5.95 Å². The third-order valence-corrected chi connectivity index (χ3v) is 2.46. The van der Waals surface area contributed by atoms with Crippen molar-refractivity contribution in [2.24, 2.45) is 0 Å². The number of aromatic nitrogens is 2. The summed E-state index contributed by atoms with van der Waals surface area (Å²) in [6, 6.07) is 1.81. The Balaban J connectivity index is 2.49. The lowest BCUT2D eigenvalue weighted by Crippen LogP contribution is -2.44. The van der Waals surface area contributed by atoms with E-state index < -0.39 is 0 Å². The zero-order valence-electron chi connectivity index (χ0n) is 9.28. The Kier molecular flexibility index (Phi) is 3.41. The predicted octanol–water partition coefficient (Wildman–Crippen LogP) is 1.23. The molecule has 0 aliphatic carbocycles. The highest BCUT2D eigenvalue weighted by molar-refractivity contribution is 5.23. The van der Waals surface area contributed by atoms with Crippen LogP contribution >= 0.6 is 0 Å². The van der Waals surface area contributed by atoms with Crippen molar-refractivity contribution in [1.29, 1.82) is 0 Å². The van der Waals surface area contributed by atoms with Gasteiger partial charge in [-0.1, -0.05) is 0 Å². The molecule has 0 aliphatic heterocycles. The van der Waals surface area contributed by atoms with Crippen LogP contribution < -0.4 is 5.32 Å². The third-order valence-electron chi connectivity index (χ3n) is 2.46. The summed E-state index contributed by atoms with van der Waals surface area (Å²) >= 11 is 0. The molecule has 0 saturated carbocycles. The predicted molar refractivity (Wildman–Crippen MR) is 58.3 cm³/mol. The second-order valence-corrected chi connectivity index (χ2v) is 4.13. The van der Waals surface area contributed by atoms with Crippen molar-refractivity contribution in [3.63, 3.8) is 0 Å². The second-order valence-electron chi connectivity index (χ2n) is 4.13. The molecular formula is C10H18N4. The van der Waals surface area contributed by atoms with E-state index in [0.717, 1.165) is 6.54 Å². The summed E-state index contributed by atoms with van der Waals surface area (Å²) in [4.78, 5) is 10.4. The van der Waals surface area contributed by atoms with Gasteiger partial charge in [-0.25, -0.2) is 9.97 Å². The van der Waals surface area contributed by atoms with Crippen LogP contribution in [0.1, 0.15) is 13.8 Å². The number of anilines is 1. The van der Waals surface area contributed by atoms with Crippen LogP contribution in [-0.4, -0.2) is 41.0 Å². The first kappa shape index (κ1) is 10.9. The third kappa shape index (κ3) is 2.96. The van der Waals surface area contributed by atoms with E-state index in [2.05, 4.69) is 48.1 Å². The quantitative estimate of drug-likeness (QED) is 0.782. The number of nitrogens with zero attached hydrogens (tertiary/aromatic N) is 3. The average Bonchev–Trinajstić information content (AvgIpc) is 2.16. The van der Waals surface area contributed by atoms with E-state index in [1.165, 1.54) is 0 Å². The smallest absolute Gasteiger partial charge is 0.222 e. The van der Waals surface area contributed by atoms with Crippen LogP contribution in [-0.2, 0) is 0 Å². The maximum Gasteiger partial charge on any atom is 0.222 e. The molecule has 0 bridgehead atoms. The highest BCUT2D eigenvalue weighted by atomic mass is 15.2. The molecule has 0 aromatic carbocycles. The lowest BCUT2D eigenvalue weighted by molar-refractivity contribution is 0.209. The SMILES string of the molecule is CN(C)C(C)(C)CNc1ncccn1. The van der Waals surface area contributed by atoms with Crippen molar-refractivity contribution in [1.82, 2.24) is 14.9 Å². The average molecular weight is 194 g/mol. The first-order chi connectivity index (χ1) is 6.52. The first-order valence-corrected chi connectivity index (χ1v) is 4.71. The highest BCUT2D eigenvalue weighted by Crippen LogP contribution is 2.10. The zero-order valence-corrected chi connectivity index (χ0v) is 9.28. The minimum absolute atomic E-state index is 0.0964. The Labute approximate surface area is 85.4 Å². The molecule has 14 heavy (non-hydrogen) atoms. The van der Waals surface area contributed by atoms with Crippen LogP contribution in [0.3, 0.4) is 0 Å². The Morgan fingerprint density at radius 3 is 2.36 bits per heavy atom. The molecule has 0 atom stereocenters. The van der Waals surface area contributed by atoms with Gasteiger partial charge < -0.3 is 10.2 Å². The van der Waals surface area contributed by atoms with Gasteiger partial charge in [0.1, 0.15) is 0 Å². The first-order valence-electron chi connectivity index (χ1n) is 4.71. The molecular weight excluding hydrogens is 176 g/mol. The Hall–Kier alpha value is -1.16. The number of rotatable bonds is 4. The van der Waals surface area contributed by atoms with Gasteiger partial charge in [0, 0.05) is 24.5 Å². The van der Waals surface area contributed by atoms with Crippen molar-refractivity contribution < 1.29 is 0 Å². The van der Waals surface area contributed by atoms with Gasteiger partial charge in [-0.2, -0.15) is 0 Å². The Morgan fingerprint density at radius 2 is 1.86 bits per heavy atom. The summed E-state index contributed by atoms with van der Waals surface area (Å²) in [7, 11) is 4.13. The summed E-state index contributed by atoms with van der Waals surface area (Å²) in [5.74, 6) is 0.683. The molecule has 1 aromatic heterocycles. The van der Waals surface area contributed by atoms with Crippen LogP contribution in [0.25, 0.3) is 0 Å². The summed E-state index contributed by atoms with van der Waals surface area (Å²) < 4.78 is 0. The largest absolute Gasteiger partial charge is 0.352 e. The van der Waals surface area contributed by atoms with Gasteiger partial charge in [0.15, 0.2) is 0 Å². The fourth-order valence-electron chi connectivity index (χ4n) is 0.844. The van der Waals surface area contributed by atoms with E-state index in [0.29, 0.717) is 5.95 Å². The number of likely N-dealkylation sites (N-methyl/N-ethyl adjacent to an activating group) is 1. The molecule has 0 aliphatic rings. The molecule has 1 N–H and O–H groups in total. The van der Waals surface area contributed by atoms with E-state index >= 15 is 0 Å². The van der Waals surface area contributed by atoms with E-state index in [4.69, 9.17) is 0 Å². The molecule has 0 amide bonds. The van der Waals surface area contributed by atoms with Crippen molar-refractivity contribution in [3.8, 4) is 0 Å². The van der Waals surface area contributed by atoms with Crippen molar-refractivity contribution in [2.75, 3.05) is 26.0 Å². The van der Waals surface area contributed by atoms with Gasteiger partial charge in [0.2, 0.25) is 5.95 Å². The normalized spacial score (nSPS) is 11.8. The lowest BCUT2D eigenvalue weighted by atomic mass is 10.1. The van der Waals surface area contributed by atoms with Crippen LogP contribution in [0, 0.1) is 0 Å². The Morgan fingerprint density at radius 1 is 1.29 bits per heavy atom. The van der Waals surface area contributed by atoms with Crippen LogP contribution in [0.2, 0.25) is 0 Å². The molecule has 1 heterocycles. The van der Waals surface area contributed by atoms with Crippen molar-refractivity contribution >= 4 is 5.95 Å². The maximum absolute atomic E-state index is 4.10. The van der Waals surface area contributed by atoms with Gasteiger partial charge in [0.05, 0.1) is 0 Å². The fourth-order valence-corrected chi connectivity index (χ4v) is 0.844. The van der Waals surface area contributed by atoms with Gasteiger partial charge in [-0.15, -0.1) is 0 Å². The molecule has 4 nitrogen and oxygen atoms in total. The summed E-state index contributed by atoms with van der Waals surface area (Å²) in [5.41, 5.74) is 0.0964. The molecule has 0 spiro atoms. The van der Waals surface area contributed by atoms with E-state index in [1.54, 1.807) is 12.4 Å². The van der Waals surface area contributed by atoms with E-state index in [9.17, 15) is 0 Å². The minimum atomic E-state index is 0.0964. The summed E-state index contributed by atoms with van der Waals surface area (Å²) in [6.07, 6.45) is 3.47. The summed E-state index contributed by atoms with van der Waals surface area (Å²) in [6.45, 7) is 5.16. The monoisotopic (exact) mass is 194 g/mol. The summed E-state index contributed by atoms with van der Waals surface area (Å²) in [5, 5.41) is 3.20. The Bertz CT molecular complexity index is 269. The van der Waals surface area contributed by atoms with Gasteiger partial charge in [0.25, 0.3) is 0 Å². The molecule has 1 aromatic rings. The van der Waals surface area contributed by atoms with E-state index in [1.807, 2.05) is 6.07 Å². The second kappa shape index (κ2) is 4.37. The van der Waals surface area contributed by atoms with Gasteiger partial charge in [-0.3, -0.25) is 0 Å². The highest BCUT2D eigenvalue weighted by Gasteiger charge is 2.19. The molecule has 0 fully saturated rings. The van der Waals surface area contributed by atoms with Gasteiger partial charge >= 0.3 is 0 Å². The number of hydrogen-bond donors (Lipinski definition) is 1. The molecule has 0 radical (unpaired) electrons. The topological polar surface area (TPSA) is 41.0 Å². The zero-order chi connectivity index (χ0) is 10.6. The molecule has 4 heteroatoms. The number of nitrogens with one attached hydrogen (secondary N) is 1. The van der Waals surface area contributed by atoms with Gasteiger partial charge in [-0.05, 0) is 34.0 Å². The standard InChI is InChI=1S/C10H18N4/c1-10(2,14(3)4)8-13-9-11-6-5-7-12-9/h5-7H,8H2,1-4H3,(H,11,12,13).